The van der Waals surface area contributed by atoms with Crippen LogP contribution in [0.1, 0.15) is 26.7 Å². The molecule has 90 valence electrons. The van der Waals surface area contributed by atoms with Crippen molar-refractivity contribution in [3.8, 4) is 0 Å². The van der Waals surface area contributed by atoms with Crippen LogP contribution in [0.4, 0.5) is 0 Å². The maximum Gasteiger partial charge on any atom is 0.0369 e. The molecular weight excluding hydrogens is 220 g/mol. The molecule has 0 bridgehead atoms. The van der Waals surface area contributed by atoms with Crippen molar-refractivity contribution < 1.29 is 0 Å². The van der Waals surface area contributed by atoms with Crippen LogP contribution in [-0.2, 0) is 0 Å². The normalized spacial score (nSPS) is 31.0. The number of rotatable bonds is 2. The molecule has 1 aliphatic heterocycles. The summed E-state index contributed by atoms with van der Waals surface area (Å²) in [5.41, 5.74) is 8.55. The molecule has 0 saturated carbocycles. The van der Waals surface area contributed by atoms with Gasteiger partial charge >= 0.3 is 0 Å². The van der Waals surface area contributed by atoms with Gasteiger partial charge in [0.2, 0.25) is 0 Å². The summed E-state index contributed by atoms with van der Waals surface area (Å²) < 4.78 is 0. The van der Waals surface area contributed by atoms with Gasteiger partial charge in [0.15, 0.2) is 0 Å². The first-order valence-corrected chi connectivity index (χ1v) is 6.51. The van der Waals surface area contributed by atoms with Crippen LogP contribution in [0, 0.1) is 11.8 Å². The molecule has 2 aliphatic rings. The second-order valence-corrected chi connectivity index (χ2v) is 5.59. The number of halogens is 1. The molecule has 2 nitrogen and oxygen atoms in total. The Balaban J connectivity index is 2.17. The lowest BCUT2D eigenvalue weighted by Gasteiger charge is -2.28. The van der Waals surface area contributed by atoms with Crippen molar-refractivity contribution in [3.63, 3.8) is 0 Å². The molecule has 2 atom stereocenters. The minimum absolute atomic E-state index is 0.574. The van der Waals surface area contributed by atoms with Crippen molar-refractivity contribution in [2.24, 2.45) is 17.6 Å². The van der Waals surface area contributed by atoms with Crippen LogP contribution in [0.3, 0.4) is 0 Å². The summed E-state index contributed by atoms with van der Waals surface area (Å²) in [6.45, 7) is 7.51. The largest absolute Gasteiger partial charge is 0.371 e. The van der Waals surface area contributed by atoms with E-state index in [1.54, 1.807) is 0 Å². The molecule has 1 fully saturated rings. The lowest BCUT2D eigenvalue weighted by atomic mass is 9.92. The Morgan fingerprint density at radius 1 is 1.56 bits per heavy atom. The molecule has 1 unspecified atom stereocenters. The highest BCUT2D eigenvalue weighted by Crippen LogP contribution is 2.34. The van der Waals surface area contributed by atoms with Gasteiger partial charge in [0.1, 0.15) is 0 Å². The third kappa shape index (κ3) is 2.28. The molecule has 0 aromatic carbocycles. The molecule has 16 heavy (non-hydrogen) atoms. The van der Waals surface area contributed by atoms with Gasteiger partial charge in [-0.3, -0.25) is 0 Å². The molecule has 0 spiro atoms. The van der Waals surface area contributed by atoms with Crippen LogP contribution in [-0.4, -0.2) is 24.5 Å². The third-order valence-corrected chi connectivity index (χ3v) is 4.16. The summed E-state index contributed by atoms with van der Waals surface area (Å²) in [7, 11) is 0. The summed E-state index contributed by atoms with van der Waals surface area (Å²) in [6.07, 6.45) is 4.36. The third-order valence-electron chi connectivity index (χ3n) is 3.90. The fraction of sp³-hybridized carbons (Fsp3) is 0.692. The minimum Gasteiger partial charge on any atom is -0.371 e. The minimum atomic E-state index is 0.574. The Morgan fingerprint density at radius 3 is 2.94 bits per heavy atom. The summed E-state index contributed by atoms with van der Waals surface area (Å²) in [4.78, 5) is 2.45. The molecule has 1 saturated heterocycles. The highest BCUT2D eigenvalue weighted by Gasteiger charge is 2.26. The van der Waals surface area contributed by atoms with Crippen LogP contribution in [0.15, 0.2) is 22.4 Å². The van der Waals surface area contributed by atoms with Gasteiger partial charge in [0, 0.05) is 23.8 Å². The van der Waals surface area contributed by atoms with E-state index in [9.17, 15) is 0 Å². The van der Waals surface area contributed by atoms with Gasteiger partial charge in [-0.25, -0.2) is 0 Å². The number of nitrogens with zero attached hydrogens (tertiary/aromatic N) is 1. The molecule has 1 heterocycles. The van der Waals surface area contributed by atoms with Crippen LogP contribution >= 0.6 is 11.6 Å². The van der Waals surface area contributed by atoms with Crippen molar-refractivity contribution in [3.05, 3.63) is 22.4 Å². The van der Waals surface area contributed by atoms with Crippen molar-refractivity contribution >= 4 is 11.6 Å². The summed E-state index contributed by atoms with van der Waals surface area (Å²) >= 11 is 6.20. The van der Waals surface area contributed by atoms with Gasteiger partial charge in [-0.2, -0.15) is 0 Å². The topological polar surface area (TPSA) is 29.3 Å². The number of likely N-dealkylation sites (tertiary alicyclic amines) is 1. The van der Waals surface area contributed by atoms with E-state index in [2.05, 4.69) is 24.8 Å². The van der Waals surface area contributed by atoms with Crippen LogP contribution in [0.5, 0.6) is 0 Å². The highest BCUT2D eigenvalue weighted by atomic mass is 35.5. The molecule has 2 rings (SSSR count). The molecule has 2 N–H and O–H groups in total. The lowest BCUT2D eigenvalue weighted by Crippen LogP contribution is -2.25. The Bertz CT molecular complexity index is 333. The SMILES string of the molecule is CC1=C(N2CC[C@H](CN)C2)C=C(Cl)CC1C. The van der Waals surface area contributed by atoms with E-state index >= 15 is 0 Å². The zero-order chi connectivity index (χ0) is 11.7. The first kappa shape index (κ1) is 12.0. The van der Waals surface area contributed by atoms with E-state index in [0.29, 0.717) is 11.8 Å². The predicted molar refractivity (Wildman–Crippen MR) is 69.2 cm³/mol. The second kappa shape index (κ2) is 4.80. The molecule has 0 aromatic rings. The van der Waals surface area contributed by atoms with Crippen molar-refractivity contribution in [1.29, 1.82) is 0 Å². The van der Waals surface area contributed by atoms with Gasteiger partial charge in [0.25, 0.3) is 0 Å². The van der Waals surface area contributed by atoms with Gasteiger partial charge < -0.3 is 10.6 Å². The highest BCUT2D eigenvalue weighted by molar-refractivity contribution is 6.29. The quantitative estimate of drug-likeness (QED) is 0.804. The second-order valence-electron chi connectivity index (χ2n) is 5.10. The number of allylic oxidation sites excluding steroid dienone is 3. The molecule has 0 aromatic heterocycles. The standard InChI is InChI=1S/C13H21ClN2/c1-9-5-12(14)6-13(10(9)2)16-4-3-11(7-15)8-16/h6,9,11H,3-5,7-8,15H2,1-2H3/t9?,11-/m1/s1. The van der Waals surface area contributed by atoms with E-state index in [0.717, 1.165) is 31.1 Å². The summed E-state index contributed by atoms with van der Waals surface area (Å²) in [5.74, 6) is 1.23. The van der Waals surface area contributed by atoms with Crippen LogP contribution in [0.25, 0.3) is 0 Å². The predicted octanol–water partition coefficient (Wildman–Crippen LogP) is 2.70. The molecule has 1 aliphatic carbocycles. The van der Waals surface area contributed by atoms with Gasteiger partial charge in [-0.05, 0) is 49.8 Å². The van der Waals surface area contributed by atoms with E-state index in [-0.39, 0.29) is 0 Å². The van der Waals surface area contributed by atoms with E-state index in [4.69, 9.17) is 17.3 Å². The summed E-state index contributed by atoms with van der Waals surface area (Å²) in [6, 6.07) is 0. The molecule has 0 radical (unpaired) electrons. The van der Waals surface area contributed by atoms with E-state index in [1.165, 1.54) is 17.7 Å². The Kier molecular flexibility index (Phi) is 3.60. The summed E-state index contributed by atoms with van der Waals surface area (Å²) in [5, 5.41) is 0.990. The van der Waals surface area contributed by atoms with Crippen molar-refractivity contribution in [2.45, 2.75) is 26.7 Å². The fourth-order valence-electron chi connectivity index (χ4n) is 2.60. The molecule has 0 amide bonds. The average molecular weight is 241 g/mol. The maximum absolute atomic E-state index is 6.20. The van der Waals surface area contributed by atoms with E-state index < -0.39 is 0 Å². The van der Waals surface area contributed by atoms with Gasteiger partial charge in [-0.1, -0.05) is 18.5 Å². The Hall–Kier alpha value is -0.470. The monoisotopic (exact) mass is 240 g/mol. The number of nitrogens with two attached hydrogens (primary N) is 1. The van der Waals surface area contributed by atoms with Crippen molar-refractivity contribution in [2.75, 3.05) is 19.6 Å². The fourth-order valence-corrected chi connectivity index (χ4v) is 2.94. The van der Waals surface area contributed by atoms with Crippen molar-refractivity contribution in [1.82, 2.24) is 4.90 Å². The van der Waals surface area contributed by atoms with Crippen LogP contribution < -0.4 is 5.73 Å². The smallest absolute Gasteiger partial charge is 0.0369 e. The molecule has 3 heteroatoms. The number of hydrogen-bond acceptors (Lipinski definition) is 2. The maximum atomic E-state index is 6.20. The van der Waals surface area contributed by atoms with Crippen LogP contribution in [0.2, 0.25) is 0 Å². The van der Waals surface area contributed by atoms with E-state index in [1.807, 2.05) is 0 Å². The average Bonchev–Trinajstić information content (AvgIpc) is 2.71. The Morgan fingerprint density at radius 2 is 2.31 bits per heavy atom. The first-order valence-electron chi connectivity index (χ1n) is 6.13. The lowest BCUT2D eigenvalue weighted by molar-refractivity contribution is 0.403. The first-order chi connectivity index (χ1) is 7.61. The molecular formula is C13H21ClN2. The Labute approximate surface area is 103 Å². The van der Waals surface area contributed by atoms with Gasteiger partial charge in [0.05, 0.1) is 0 Å². The number of hydrogen-bond donors (Lipinski definition) is 1. The zero-order valence-corrected chi connectivity index (χ0v) is 10.9. The van der Waals surface area contributed by atoms with Gasteiger partial charge in [-0.15, -0.1) is 0 Å². The zero-order valence-electron chi connectivity index (χ0n) is 10.2.